The van der Waals surface area contributed by atoms with Gasteiger partial charge in [0.05, 0.1) is 0 Å². The highest BCUT2D eigenvalue weighted by Crippen LogP contribution is 2.55. The average molecular weight is 541 g/mol. The van der Waals surface area contributed by atoms with Gasteiger partial charge >= 0.3 is 0 Å². The molecule has 202 valence electrons. The molecular formula is C41H32O. The van der Waals surface area contributed by atoms with Gasteiger partial charge in [-0.2, -0.15) is 0 Å². The van der Waals surface area contributed by atoms with Crippen molar-refractivity contribution < 1.29 is 4.74 Å². The Hall–Kier alpha value is -4.88. The van der Waals surface area contributed by atoms with E-state index in [-0.39, 0.29) is 10.8 Å². The third-order valence-corrected chi connectivity index (χ3v) is 9.65. The Kier molecular flexibility index (Phi) is 5.37. The molecule has 0 radical (unpaired) electrons. The van der Waals surface area contributed by atoms with Crippen molar-refractivity contribution in [3.05, 3.63) is 167 Å². The highest BCUT2D eigenvalue weighted by Gasteiger charge is 2.41. The molecule has 0 N–H and O–H groups in total. The molecule has 0 saturated carbocycles. The first-order valence-electron chi connectivity index (χ1n) is 14.8. The second-order valence-electron chi connectivity index (χ2n) is 12.3. The molecule has 0 fully saturated rings. The fourth-order valence-electron chi connectivity index (χ4n) is 7.33. The van der Waals surface area contributed by atoms with Crippen molar-refractivity contribution in [1.29, 1.82) is 0 Å². The van der Waals surface area contributed by atoms with Gasteiger partial charge in [-0.3, -0.25) is 0 Å². The smallest absolute Gasteiger partial charge is 0.131 e. The lowest BCUT2D eigenvalue weighted by Crippen LogP contribution is -2.24. The Morgan fingerprint density at radius 3 is 1.83 bits per heavy atom. The van der Waals surface area contributed by atoms with E-state index in [9.17, 15) is 0 Å². The van der Waals surface area contributed by atoms with E-state index in [2.05, 4.69) is 154 Å². The van der Waals surface area contributed by atoms with E-state index in [0.717, 1.165) is 11.5 Å². The van der Waals surface area contributed by atoms with E-state index in [1.807, 2.05) is 6.07 Å². The molecule has 0 amide bonds. The minimum Gasteiger partial charge on any atom is -0.457 e. The molecule has 2 aliphatic rings. The van der Waals surface area contributed by atoms with Crippen molar-refractivity contribution in [2.24, 2.45) is 0 Å². The zero-order valence-corrected chi connectivity index (χ0v) is 24.2. The van der Waals surface area contributed by atoms with E-state index >= 15 is 0 Å². The molecule has 1 nitrogen and oxygen atoms in total. The topological polar surface area (TPSA) is 9.23 Å². The summed E-state index contributed by atoms with van der Waals surface area (Å²) < 4.78 is 6.30. The van der Waals surface area contributed by atoms with Gasteiger partial charge in [0.2, 0.25) is 0 Å². The Morgan fingerprint density at radius 2 is 1.02 bits per heavy atom. The molecule has 0 aromatic heterocycles. The van der Waals surface area contributed by atoms with Crippen LogP contribution in [0.25, 0.3) is 33.4 Å². The molecule has 6 aromatic rings. The second kappa shape index (κ2) is 9.06. The summed E-state index contributed by atoms with van der Waals surface area (Å²) in [6.07, 6.45) is 0. The molecule has 0 bridgehead atoms. The zero-order valence-electron chi connectivity index (χ0n) is 24.2. The highest BCUT2D eigenvalue weighted by atomic mass is 16.5. The molecule has 6 aromatic carbocycles. The van der Waals surface area contributed by atoms with Crippen LogP contribution in [0, 0.1) is 0 Å². The number of benzene rings is 6. The summed E-state index contributed by atoms with van der Waals surface area (Å²) >= 11 is 0. The fourth-order valence-corrected chi connectivity index (χ4v) is 7.33. The number of hydrogen-bond acceptors (Lipinski definition) is 1. The van der Waals surface area contributed by atoms with Crippen LogP contribution in [-0.2, 0) is 10.8 Å². The first kappa shape index (κ1) is 24.9. The summed E-state index contributed by atoms with van der Waals surface area (Å²) in [5.41, 5.74) is 13.8. The maximum Gasteiger partial charge on any atom is 0.131 e. The summed E-state index contributed by atoms with van der Waals surface area (Å²) in [6, 6.07) is 50.7. The summed E-state index contributed by atoms with van der Waals surface area (Å²) in [6.45, 7) is 6.95. The molecule has 1 aliphatic carbocycles. The number of fused-ring (bicyclic) bond motifs is 5. The van der Waals surface area contributed by atoms with Crippen molar-refractivity contribution in [2.45, 2.75) is 31.6 Å². The SMILES string of the molecule is CC1(C)c2ccccc2Oc2ccc(-c3ccc(-c4cccc5c4-c4ccccc4C5(C)c4ccccc4)cc3)cc21. The van der Waals surface area contributed by atoms with Gasteiger partial charge in [-0.1, -0.05) is 135 Å². The predicted molar refractivity (Wildman–Crippen MR) is 173 cm³/mol. The first-order valence-corrected chi connectivity index (χ1v) is 14.8. The first-order chi connectivity index (χ1) is 20.5. The van der Waals surface area contributed by atoms with Crippen molar-refractivity contribution in [2.75, 3.05) is 0 Å². The van der Waals surface area contributed by atoms with Crippen LogP contribution in [-0.4, -0.2) is 0 Å². The van der Waals surface area contributed by atoms with Crippen molar-refractivity contribution in [3.63, 3.8) is 0 Å². The molecule has 1 unspecified atom stereocenters. The Morgan fingerprint density at radius 1 is 0.429 bits per heavy atom. The van der Waals surface area contributed by atoms with Crippen LogP contribution in [0.2, 0.25) is 0 Å². The van der Waals surface area contributed by atoms with Crippen molar-refractivity contribution in [1.82, 2.24) is 0 Å². The molecule has 1 heterocycles. The van der Waals surface area contributed by atoms with Crippen LogP contribution in [0.15, 0.2) is 140 Å². The lowest BCUT2D eigenvalue weighted by molar-refractivity contribution is 0.418. The second-order valence-corrected chi connectivity index (χ2v) is 12.3. The number of ether oxygens (including phenoxy) is 1. The summed E-state index contributed by atoms with van der Waals surface area (Å²) in [7, 11) is 0. The van der Waals surface area contributed by atoms with E-state index in [0.29, 0.717) is 0 Å². The normalized spacial score (nSPS) is 17.4. The number of rotatable bonds is 3. The van der Waals surface area contributed by atoms with E-state index < -0.39 is 0 Å². The van der Waals surface area contributed by atoms with Gasteiger partial charge in [-0.15, -0.1) is 0 Å². The van der Waals surface area contributed by atoms with Gasteiger partial charge in [-0.05, 0) is 75.2 Å². The fraction of sp³-hybridized carbons (Fsp3) is 0.122. The minimum atomic E-state index is -0.195. The quantitative estimate of drug-likeness (QED) is 0.217. The zero-order chi connectivity index (χ0) is 28.5. The number of hydrogen-bond donors (Lipinski definition) is 0. The van der Waals surface area contributed by atoms with Gasteiger partial charge in [-0.25, -0.2) is 0 Å². The maximum absolute atomic E-state index is 6.30. The predicted octanol–water partition coefficient (Wildman–Crippen LogP) is 10.8. The van der Waals surface area contributed by atoms with Gasteiger partial charge < -0.3 is 4.74 Å². The Labute approximate surface area is 248 Å². The molecule has 1 heteroatoms. The summed E-state index contributed by atoms with van der Waals surface area (Å²) in [4.78, 5) is 0. The highest BCUT2D eigenvalue weighted by molar-refractivity contribution is 5.94. The van der Waals surface area contributed by atoms with Gasteiger partial charge in [0, 0.05) is 22.0 Å². The third kappa shape index (κ3) is 3.50. The van der Waals surface area contributed by atoms with E-state index in [4.69, 9.17) is 4.74 Å². The Bertz CT molecular complexity index is 1980. The van der Waals surface area contributed by atoms with Crippen LogP contribution >= 0.6 is 0 Å². The lowest BCUT2D eigenvalue weighted by Gasteiger charge is -2.34. The average Bonchev–Trinajstić information content (AvgIpc) is 3.31. The molecule has 42 heavy (non-hydrogen) atoms. The molecule has 1 aliphatic heterocycles. The van der Waals surface area contributed by atoms with Gasteiger partial charge in [0.1, 0.15) is 11.5 Å². The Balaban J connectivity index is 1.21. The van der Waals surface area contributed by atoms with Crippen LogP contribution in [0.1, 0.15) is 48.6 Å². The molecule has 8 rings (SSSR count). The van der Waals surface area contributed by atoms with E-state index in [1.165, 1.54) is 61.2 Å². The molecule has 0 saturated heterocycles. The summed E-state index contributed by atoms with van der Waals surface area (Å²) in [5, 5.41) is 0. The molecule has 0 spiro atoms. The standard InChI is InChI=1S/C41H32O/c1-40(2)34-17-9-10-19-37(34)42-38-25-24-29(26-36(38)40)27-20-22-28(23-21-27)31-15-11-18-35-39(31)32-14-7-8-16-33(32)41(35,3)30-12-5-4-6-13-30/h4-26H,1-3H3. The van der Waals surface area contributed by atoms with Crippen molar-refractivity contribution >= 4 is 0 Å². The molecular weight excluding hydrogens is 508 g/mol. The van der Waals surface area contributed by atoms with Crippen molar-refractivity contribution in [3.8, 4) is 44.9 Å². The van der Waals surface area contributed by atoms with Crippen LogP contribution in [0.5, 0.6) is 11.5 Å². The van der Waals surface area contributed by atoms with Crippen LogP contribution in [0.4, 0.5) is 0 Å². The third-order valence-electron chi connectivity index (χ3n) is 9.65. The van der Waals surface area contributed by atoms with Crippen LogP contribution < -0.4 is 4.74 Å². The lowest BCUT2D eigenvalue weighted by atomic mass is 9.74. The van der Waals surface area contributed by atoms with Crippen LogP contribution in [0.3, 0.4) is 0 Å². The maximum atomic E-state index is 6.30. The van der Waals surface area contributed by atoms with E-state index in [1.54, 1.807) is 0 Å². The molecule has 1 atom stereocenters. The largest absolute Gasteiger partial charge is 0.457 e. The van der Waals surface area contributed by atoms with Gasteiger partial charge in [0.15, 0.2) is 0 Å². The summed E-state index contributed by atoms with van der Waals surface area (Å²) in [5.74, 6) is 1.89. The minimum absolute atomic E-state index is 0.135. The monoisotopic (exact) mass is 540 g/mol. The number of para-hydroxylation sites is 1. The van der Waals surface area contributed by atoms with Gasteiger partial charge in [0.25, 0.3) is 0 Å².